The van der Waals surface area contributed by atoms with E-state index in [2.05, 4.69) is 9.72 Å². The lowest BCUT2D eigenvalue weighted by molar-refractivity contribution is -0.137. The van der Waals surface area contributed by atoms with Crippen molar-refractivity contribution in [1.29, 1.82) is 0 Å². The molecule has 0 unspecified atom stereocenters. The number of hydrogen-bond donors (Lipinski definition) is 3. The molecule has 3 N–H and O–H groups in total. The minimum atomic E-state index is -1.04. The van der Waals surface area contributed by atoms with Crippen LogP contribution in [-0.4, -0.2) is 62.9 Å². The first-order valence-electron chi connectivity index (χ1n) is 12.6. The highest BCUT2D eigenvalue weighted by Gasteiger charge is 2.56. The summed E-state index contributed by atoms with van der Waals surface area (Å²) in [6.45, 7) is 1.22. The molecule has 0 radical (unpaired) electrons. The first-order chi connectivity index (χ1) is 18.3. The van der Waals surface area contributed by atoms with Crippen LogP contribution in [0.5, 0.6) is 0 Å². The van der Waals surface area contributed by atoms with Gasteiger partial charge in [0.2, 0.25) is 11.8 Å². The lowest BCUT2D eigenvalue weighted by atomic mass is 9.67. The van der Waals surface area contributed by atoms with Crippen LogP contribution in [0.3, 0.4) is 0 Å². The monoisotopic (exact) mass is 524 g/mol. The van der Waals surface area contributed by atoms with E-state index >= 15 is 0 Å². The maximum atomic E-state index is 13.1. The third kappa shape index (κ3) is 5.20. The number of fused-ring (bicyclic) bond motifs is 1. The Hall–Kier alpha value is -3.60. The fourth-order valence-electron chi connectivity index (χ4n) is 5.57. The molecular formula is C28H32N2O8. The van der Waals surface area contributed by atoms with E-state index in [1.165, 1.54) is 0 Å². The number of carbonyl (C=O) groups is 3. The summed E-state index contributed by atoms with van der Waals surface area (Å²) < 4.78 is 10.2. The summed E-state index contributed by atoms with van der Waals surface area (Å²) in [5.41, 5.74) is 2.83. The second-order valence-corrected chi connectivity index (χ2v) is 9.42. The van der Waals surface area contributed by atoms with Crippen molar-refractivity contribution in [2.75, 3.05) is 13.7 Å². The molecule has 3 heterocycles. The number of rotatable bonds is 9. The molecule has 1 aliphatic heterocycles. The largest absolute Gasteiger partial charge is 0.459 e. The summed E-state index contributed by atoms with van der Waals surface area (Å²) in [5.74, 6) is -2.92. The van der Waals surface area contributed by atoms with Crippen molar-refractivity contribution < 1.29 is 38.9 Å². The van der Waals surface area contributed by atoms with E-state index < -0.39 is 48.4 Å². The zero-order valence-corrected chi connectivity index (χ0v) is 21.4. The molecule has 10 heteroatoms. The third-order valence-corrected chi connectivity index (χ3v) is 7.36. The number of furan rings is 1. The molecule has 1 fully saturated rings. The van der Waals surface area contributed by atoms with Crippen molar-refractivity contribution in [3.63, 3.8) is 0 Å². The van der Waals surface area contributed by atoms with E-state index in [4.69, 9.17) is 4.42 Å². The topological polar surface area (TPSA) is 150 Å². The zero-order chi connectivity index (χ0) is 27.4. The summed E-state index contributed by atoms with van der Waals surface area (Å²) in [6.07, 6.45) is 2.81. The van der Waals surface area contributed by atoms with Gasteiger partial charge in [0.15, 0.2) is 0 Å². The Morgan fingerprint density at radius 3 is 2.63 bits per heavy atom. The molecule has 1 aliphatic carbocycles. The van der Waals surface area contributed by atoms with E-state index in [0.717, 1.165) is 18.3 Å². The summed E-state index contributed by atoms with van der Waals surface area (Å²) in [7, 11) is 1.10. The predicted octanol–water partition coefficient (Wildman–Crippen LogP) is 2.94. The van der Waals surface area contributed by atoms with Crippen LogP contribution in [0.4, 0.5) is 4.79 Å². The SMILES string of the molecule is CCC1=C([C@H](O)CC/C(=C/c2ccc(CO)o2)c2ccccn2)[C@H](CO)[C@@H]2C(=O)N(C(=O)OC)C(=O)[C@@H]2C1. The van der Waals surface area contributed by atoms with Crippen molar-refractivity contribution in [1.82, 2.24) is 9.88 Å². The molecule has 0 bridgehead atoms. The quantitative estimate of drug-likeness (QED) is 0.332. The van der Waals surface area contributed by atoms with Crippen molar-refractivity contribution in [3.05, 3.63) is 64.9 Å². The van der Waals surface area contributed by atoms with E-state index in [-0.39, 0.29) is 19.4 Å². The van der Waals surface area contributed by atoms with Gasteiger partial charge < -0.3 is 24.5 Å². The molecule has 0 saturated carbocycles. The molecule has 1 saturated heterocycles. The number of hydrogen-bond acceptors (Lipinski definition) is 9. The van der Waals surface area contributed by atoms with Crippen LogP contribution in [0, 0.1) is 17.8 Å². The molecule has 0 aromatic carbocycles. The number of allylic oxidation sites excluding steroid dienone is 2. The summed E-state index contributed by atoms with van der Waals surface area (Å²) in [5, 5.41) is 31.1. The number of pyridine rings is 1. The minimum absolute atomic E-state index is 0.223. The fraction of sp³-hybridized carbons (Fsp3) is 0.429. The first kappa shape index (κ1) is 27.4. The molecule has 3 amide bonds. The van der Waals surface area contributed by atoms with Crippen molar-refractivity contribution in [2.45, 2.75) is 45.3 Å². The number of amides is 3. The number of carbonyl (C=O) groups excluding carboxylic acids is 3. The molecule has 10 nitrogen and oxygen atoms in total. The Morgan fingerprint density at radius 1 is 1.24 bits per heavy atom. The normalized spacial score (nSPS) is 22.6. The standard InChI is InChI=1S/C28H32N2O8/c1-3-16-13-20-25(27(35)30(26(20)34)28(36)37-2)21(15-32)24(16)23(33)10-7-17(22-6-4-5-11-29-22)12-18-8-9-19(14-31)38-18/h4-6,8-9,11-12,20-21,23,25,31-33H,3,7,10,13-15H2,1-2H3/b17-12-/t20-,21+,23-,25-/m1/s1. The van der Waals surface area contributed by atoms with Gasteiger partial charge in [0.25, 0.3) is 0 Å². The maximum Gasteiger partial charge on any atom is 0.423 e. The number of nitrogens with zero attached hydrogens (tertiary/aromatic N) is 2. The zero-order valence-electron chi connectivity index (χ0n) is 21.4. The lowest BCUT2D eigenvalue weighted by Crippen LogP contribution is -2.40. The molecule has 4 atom stereocenters. The van der Waals surface area contributed by atoms with Gasteiger partial charge in [-0.3, -0.25) is 14.6 Å². The number of likely N-dealkylation sites (tertiary alicyclic amines) is 1. The van der Waals surface area contributed by atoms with Gasteiger partial charge in [-0.25, -0.2) is 4.79 Å². The van der Waals surface area contributed by atoms with E-state index in [9.17, 15) is 29.7 Å². The van der Waals surface area contributed by atoms with Crippen LogP contribution in [-0.2, 0) is 20.9 Å². The third-order valence-electron chi connectivity index (χ3n) is 7.36. The number of aliphatic hydroxyl groups excluding tert-OH is 3. The van der Waals surface area contributed by atoms with Crippen molar-refractivity contribution in [3.8, 4) is 0 Å². The summed E-state index contributed by atoms with van der Waals surface area (Å²) >= 11 is 0. The Balaban J connectivity index is 1.61. The van der Waals surface area contributed by atoms with Crippen LogP contribution in [0.15, 0.2) is 52.1 Å². The van der Waals surface area contributed by atoms with Gasteiger partial charge in [-0.2, -0.15) is 4.90 Å². The highest BCUT2D eigenvalue weighted by atomic mass is 16.5. The van der Waals surface area contributed by atoms with Gasteiger partial charge in [0.1, 0.15) is 18.1 Å². The van der Waals surface area contributed by atoms with Crippen LogP contribution < -0.4 is 0 Å². The lowest BCUT2D eigenvalue weighted by Gasteiger charge is -2.36. The Kier molecular flexibility index (Phi) is 8.55. The van der Waals surface area contributed by atoms with Gasteiger partial charge in [0, 0.05) is 12.1 Å². The van der Waals surface area contributed by atoms with Gasteiger partial charge >= 0.3 is 6.09 Å². The number of methoxy groups -OCH3 is 1. The maximum absolute atomic E-state index is 13.1. The second-order valence-electron chi connectivity index (χ2n) is 9.42. The smallest absolute Gasteiger partial charge is 0.423 e. The van der Waals surface area contributed by atoms with Crippen LogP contribution in [0.25, 0.3) is 11.6 Å². The first-order valence-corrected chi connectivity index (χ1v) is 12.6. The van der Waals surface area contributed by atoms with Crippen LogP contribution in [0.2, 0.25) is 0 Å². The Bertz CT molecular complexity index is 1250. The number of imide groups is 3. The molecule has 2 aromatic heterocycles. The van der Waals surface area contributed by atoms with Crippen molar-refractivity contribution >= 4 is 29.6 Å². The van der Waals surface area contributed by atoms with Crippen molar-refractivity contribution in [2.24, 2.45) is 17.8 Å². The van der Waals surface area contributed by atoms with Gasteiger partial charge in [-0.15, -0.1) is 0 Å². The van der Waals surface area contributed by atoms with Gasteiger partial charge in [-0.1, -0.05) is 18.6 Å². The Morgan fingerprint density at radius 2 is 2.03 bits per heavy atom. The second kappa shape index (κ2) is 11.8. The molecule has 4 rings (SSSR count). The van der Waals surface area contributed by atoms with E-state index in [1.54, 1.807) is 30.5 Å². The average Bonchev–Trinajstić information content (AvgIpc) is 3.51. The molecule has 0 spiro atoms. The summed E-state index contributed by atoms with van der Waals surface area (Å²) in [4.78, 5) is 43.1. The van der Waals surface area contributed by atoms with E-state index in [1.807, 2.05) is 19.1 Å². The number of aliphatic hydroxyl groups is 3. The fourth-order valence-corrected chi connectivity index (χ4v) is 5.57. The van der Waals surface area contributed by atoms with Gasteiger partial charge in [0.05, 0.1) is 37.4 Å². The molecule has 2 aliphatic rings. The van der Waals surface area contributed by atoms with Crippen LogP contribution >= 0.6 is 0 Å². The number of aromatic nitrogens is 1. The highest BCUT2D eigenvalue weighted by molar-refractivity contribution is 6.16. The molecule has 38 heavy (non-hydrogen) atoms. The van der Waals surface area contributed by atoms with Gasteiger partial charge in [-0.05, 0) is 67.2 Å². The predicted molar refractivity (Wildman–Crippen MR) is 136 cm³/mol. The highest BCUT2D eigenvalue weighted by Crippen LogP contribution is 2.47. The summed E-state index contributed by atoms with van der Waals surface area (Å²) in [6, 6.07) is 8.91. The Labute approximate surface area is 220 Å². The minimum Gasteiger partial charge on any atom is -0.459 e. The molecular weight excluding hydrogens is 492 g/mol. The average molecular weight is 525 g/mol. The number of ether oxygens (including phenoxy) is 1. The van der Waals surface area contributed by atoms with Crippen LogP contribution in [0.1, 0.15) is 49.8 Å². The molecule has 2 aromatic rings. The van der Waals surface area contributed by atoms with E-state index in [0.29, 0.717) is 40.5 Å². The molecule has 202 valence electrons.